The molecule has 1 fully saturated rings. The maximum atomic E-state index is 13.3. The smallest absolute Gasteiger partial charge is 0.255 e. The minimum atomic E-state index is -0.243. The largest absolute Gasteiger partial charge is 0.368 e. The van der Waals surface area contributed by atoms with Crippen LogP contribution in [-0.4, -0.2) is 55.1 Å². The van der Waals surface area contributed by atoms with Gasteiger partial charge in [-0.2, -0.15) is 0 Å². The van der Waals surface area contributed by atoms with E-state index in [-0.39, 0.29) is 11.5 Å². The lowest BCUT2D eigenvalue weighted by Gasteiger charge is -2.36. The van der Waals surface area contributed by atoms with Crippen molar-refractivity contribution in [3.63, 3.8) is 0 Å². The lowest BCUT2D eigenvalue weighted by atomic mass is 9.98. The predicted octanol–water partition coefficient (Wildman–Crippen LogP) is 5.49. The van der Waals surface area contributed by atoms with Crippen LogP contribution in [0.2, 0.25) is 15.1 Å². The lowest BCUT2D eigenvalue weighted by molar-refractivity contribution is -0.130. The van der Waals surface area contributed by atoms with Crippen LogP contribution in [-0.2, 0) is 4.79 Å². The van der Waals surface area contributed by atoms with Gasteiger partial charge in [0.1, 0.15) is 0 Å². The number of hydrogen-bond donors (Lipinski definition) is 1. The van der Waals surface area contributed by atoms with Gasteiger partial charge in [0.05, 0.1) is 27.8 Å². The van der Waals surface area contributed by atoms with Crippen molar-refractivity contribution in [2.24, 2.45) is 0 Å². The Balaban J connectivity index is 1.71. The lowest BCUT2D eigenvalue weighted by Crippen LogP contribution is -2.50. The first-order chi connectivity index (χ1) is 17.9. The molecule has 0 atom stereocenters. The average molecular weight is 556 g/mol. The summed E-state index contributed by atoms with van der Waals surface area (Å²) in [6.07, 6.45) is 0. The number of aromatic nitrogens is 1. The van der Waals surface area contributed by atoms with E-state index < -0.39 is 0 Å². The molecule has 9 heteroatoms. The first-order valence-corrected chi connectivity index (χ1v) is 13.1. The van der Waals surface area contributed by atoms with E-state index in [2.05, 4.69) is 16.3 Å². The zero-order valence-electron chi connectivity index (χ0n) is 20.2. The summed E-state index contributed by atoms with van der Waals surface area (Å²) in [5.74, 6) is 0.0830. The quantitative estimate of drug-likeness (QED) is 0.354. The molecule has 1 aliphatic heterocycles. The molecule has 0 saturated carbocycles. The molecule has 0 radical (unpaired) electrons. The van der Waals surface area contributed by atoms with Crippen LogP contribution in [0.3, 0.4) is 0 Å². The molecule has 1 N–H and O–H groups in total. The fraction of sp³-hybridized carbons (Fsp3) is 0.214. The van der Waals surface area contributed by atoms with Gasteiger partial charge in [-0.15, -0.1) is 0 Å². The summed E-state index contributed by atoms with van der Waals surface area (Å²) in [5.41, 5.74) is 3.53. The number of nitrogens with zero attached hydrogens (tertiary/aromatic N) is 3. The molecular weight excluding hydrogens is 531 g/mol. The SMILES string of the molecule is CNCC(=O)N1CCN(c2cc(-c3ccccc3Cl)c3ccc(=O)n(-c4c(Cl)cccc4Cl)c3c2)CC1. The molecular formula is C28H25Cl3N4O2. The van der Waals surface area contributed by atoms with Gasteiger partial charge in [-0.25, -0.2) is 0 Å². The van der Waals surface area contributed by atoms with Gasteiger partial charge in [0.15, 0.2) is 0 Å². The summed E-state index contributed by atoms with van der Waals surface area (Å²) < 4.78 is 1.57. The Morgan fingerprint density at radius 1 is 0.838 bits per heavy atom. The molecule has 0 aliphatic carbocycles. The number of amides is 1. The van der Waals surface area contributed by atoms with Gasteiger partial charge in [0.2, 0.25) is 5.91 Å². The maximum Gasteiger partial charge on any atom is 0.255 e. The first-order valence-electron chi connectivity index (χ1n) is 12.0. The summed E-state index contributed by atoms with van der Waals surface area (Å²) >= 11 is 19.8. The molecule has 0 spiro atoms. The van der Waals surface area contributed by atoms with E-state index in [1.165, 1.54) is 6.07 Å². The number of carbonyl (C=O) groups is 1. The second-order valence-electron chi connectivity index (χ2n) is 8.88. The number of halogens is 3. The third-order valence-corrected chi connectivity index (χ3v) is 7.59. The van der Waals surface area contributed by atoms with E-state index in [0.717, 1.165) is 22.2 Å². The molecule has 4 aromatic rings. The Morgan fingerprint density at radius 3 is 2.19 bits per heavy atom. The van der Waals surface area contributed by atoms with Gasteiger partial charge < -0.3 is 15.1 Å². The van der Waals surface area contributed by atoms with E-state index in [1.54, 1.807) is 29.8 Å². The Bertz CT molecular complexity index is 1520. The highest BCUT2D eigenvalue weighted by molar-refractivity contribution is 6.38. The molecule has 1 amide bonds. The highest BCUT2D eigenvalue weighted by Gasteiger charge is 2.23. The minimum absolute atomic E-state index is 0.0830. The van der Waals surface area contributed by atoms with E-state index in [0.29, 0.717) is 59.0 Å². The van der Waals surface area contributed by atoms with Crippen LogP contribution >= 0.6 is 34.8 Å². The van der Waals surface area contributed by atoms with Crippen LogP contribution in [0.1, 0.15) is 0 Å². The van der Waals surface area contributed by atoms with Crippen molar-refractivity contribution in [3.8, 4) is 16.8 Å². The number of piperazine rings is 1. The molecule has 6 nitrogen and oxygen atoms in total. The molecule has 1 saturated heterocycles. The predicted molar refractivity (Wildman–Crippen MR) is 153 cm³/mol. The van der Waals surface area contributed by atoms with Gasteiger partial charge >= 0.3 is 0 Å². The van der Waals surface area contributed by atoms with Gasteiger partial charge in [0.25, 0.3) is 5.56 Å². The molecule has 2 heterocycles. The molecule has 37 heavy (non-hydrogen) atoms. The van der Waals surface area contributed by atoms with E-state index in [4.69, 9.17) is 34.8 Å². The Labute approximate surface area is 230 Å². The highest BCUT2D eigenvalue weighted by Crippen LogP contribution is 2.38. The summed E-state index contributed by atoms with van der Waals surface area (Å²) in [7, 11) is 1.77. The fourth-order valence-electron chi connectivity index (χ4n) is 4.83. The van der Waals surface area contributed by atoms with Crippen LogP contribution in [0.4, 0.5) is 5.69 Å². The van der Waals surface area contributed by atoms with Crippen LogP contribution in [0.5, 0.6) is 0 Å². The molecule has 3 aromatic carbocycles. The summed E-state index contributed by atoms with van der Waals surface area (Å²) in [6.45, 7) is 2.85. The standard InChI is InChI=1S/C28H25Cl3N4O2/c1-32-17-27(37)34-13-11-33(12-14-34)18-15-21(19-5-2-3-6-22(19)29)20-9-10-26(36)35(25(20)16-18)28-23(30)7-4-8-24(28)31/h2-10,15-16,32H,11-14,17H2,1H3. The summed E-state index contributed by atoms with van der Waals surface area (Å²) in [6, 6.07) is 20.2. The number of nitrogens with one attached hydrogen (secondary N) is 1. The van der Waals surface area contributed by atoms with Crippen molar-refractivity contribution in [1.82, 2.24) is 14.8 Å². The summed E-state index contributed by atoms with van der Waals surface area (Å²) in [5, 5.41) is 5.13. The monoisotopic (exact) mass is 554 g/mol. The third-order valence-electron chi connectivity index (χ3n) is 6.65. The number of anilines is 1. The van der Waals surface area contributed by atoms with E-state index in [1.807, 2.05) is 41.3 Å². The number of rotatable bonds is 5. The normalized spacial score (nSPS) is 13.8. The maximum absolute atomic E-state index is 13.3. The molecule has 190 valence electrons. The Hall–Kier alpha value is -3.03. The molecule has 1 aliphatic rings. The number of hydrogen-bond acceptors (Lipinski definition) is 4. The van der Waals surface area contributed by atoms with Crippen molar-refractivity contribution in [2.45, 2.75) is 0 Å². The average Bonchev–Trinajstić information content (AvgIpc) is 2.89. The van der Waals surface area contributed by atoms with Gasteiger partial charge in [-0.1, -0.05) is 59.1 Å². The second kappa shape index (κ2) is 10.8. The van der Waals surface area contributed by atoms with Gasteiger partial charge in [-0.05, 0) is 49.0 Å². The number of fused-ring (bicyclic) bond motifs is 1. The van der Waals surface area contributed by atoms with Crippen molar-refractivity contribution >= 4 is 57.3 Å². The fourth-order valence-corrected chi connectivity index (χ4v) is 5.63. The van der Waals surface area contributed by atoms with E-state index >= 15 is 0 Å². The van der Waals surface area contributed by atoms with Crippen molar-refractivity contribution in [2.75, 3.05) is 44.7 Å². The van der Waals surface area contributed by atoms with Gasteiger partial charge in [0, 0.05) is 53.9 Å². The topological polar surface area (TPSA) is 57.6 Å². The third kappa shape index (κ3) is 4.94. The number of pyridine rings is 1. The van der Waals surface area contributed by atoms with Crippen LogP contribution in [0.15, 0.2) is 71.5 Å². The first kappa shape index (κ1) is 25.6. The highest BCUT2D eigenvalue weighted by atomic mass is 35.5. The number of carbonyl (C=O) groups excluding carboxylic acids is 1. The Morgan fingerprint density at radius 2 is 1.51 bits per heavy atom. The zero-order chi connectivity index (χ0) is 26.1. The number of benzene rings is 3. The Kier molecular flexibility index (Phi) is 7.45. The van der Waals surface area contributed by atoms with E-state index in [9.17, 15) is 9.59 Å². The minimum Gasteiger partial charge on any atom is -0.368 e. The van der Waals surface area contributed by atoms with Gasteiger partial charge in [-0.3, -0.25) is 14.2 Å². The van der Waals surface area contributed by atoms with Crippen LogP contribution in [0, 0.1) is 0 Å². The molecule has 5 rings (SSSR count). The van der Waals surface area contributed by atoms with Crippen molar-refractivity contribution in [1.29, 1.82) is 0 Å². The second-order valence-corrected chi connectivity index (χ2v) is 10.1. The molecule has 0 bridgehead atoms. The van der Waals surface area contributed by atoms with Crippen LogP contribution in [0.25, 0.3) is 27.7 Å². The van der Waals surface area contributed by atoms with Crippen LogP contribution < -0.4 is 15.8 Å². The van der Waals surface area contributed by atoms with Crippen molar-refractivity contribution in [3.05, 3.63) is 92.2 Å². The zero-order valence-corrected chi connectivity index (χ0v) is 22.4. The molecule has 1 aromatic heterocycles. The number of likely N-dealkylation sites (N-methyl/N-ethyl adjacent to an activating group) is 1. The van der Waals surface area contributed by atoms with Crippen molar-refractivity contribution < 1.29 is 4.79 Å². The summed E-state index contributed by atoms with van der Waals surface area (Å²) in [4.78, 5) is 29.7. The number of para-hydroxylation sites is 1. The molecule has 0 unspecified atom stereocenters.